The minimum atomic E-state index is -1.30. The molecule has 0 amide bonds. The molecule has 0 spiro atoms. The van der Waals surface area contributed by atoms with Crippen LogP contribution >= 0.6 is 0 Å². The van der Waals surface area contributed by atoms with Crippen LogP contribution in [0.1, 0.15) is 0 Å². The van der Waals surface area contributed by atoms with Gasteiger partial charge in [0.05, 0.1) is 0 Å². The molecule has 0 aromatic rings. The second-order valence-corrected chi connectivity index (χ2v) is 19.6. The third kappa shape index (κ3) is 19.1. The van der Waals surface area contributed by atoms with E-state index in [1.807, 2.05) is 0 Å². The minimum Gasteiger partial charge on any atom is -0.438 e. The molecule has 0 aliphatic rings. The van der Waals surface area contributed by atoms with Gasteiger partial charge in [-0.05, 0) is 52.4 Å². The summed E-state index contributed by atoms with van der Waals surface area (Å²) in [6.45, 7) is 17.2. The van der Waals surface area contributed by atoms with Crippen LogP contribution in [0.25, 0.3) is 0 Å². The van der Waals surface area contributed by atoms with Crippen LogP contribution in [0.15, 0.2) is 0 Å². The average molecular weight is 329 g/mol. The molecule has 2 atom stereocenters. The van der Waals surface area contributed by atoms with Gasteiger partial charge in [-0.1, -0.05) is 0 Å². The highest BCUT2D eigenvalue weighted by atomic mass is 28.4. The van der Waals surface area contributed by atoms with Crippen molar-refractivity contribution in [1.82, 2.24) is 0 Å². The maximum Gasteiger partial charge on any atom is 0.307 e. The van der Waals surface area contributed by atoms with Crippen LogP contribution in [0.2, 0.25) is 52.4 Å². The van der Waals surface area contributed by atoms with Gasteiger partial charge in [0.2, 0.25) is 0 Å². The molecule has 2 unspecified atom stereocenters. The van der Waals surface area contributed by atoms with Gasteiger partial charge in [-0.2, -0.15) is 0 Å². The Kier molecular flexibility index (Phi) is 11.2. The fraction of sp³-hybridized carbons (Fsp3) is 1.00. The largest absolute Gasteiger partial charge is 0.438 e. The van der Waals surface area contributed by atoms with Crippen LogP contribution in [-0.4, -0.2) is 49.4 Å². The van der Waals surface area contributed by atoms with Crippen molar-refractivity contribution in [2.75, 3.05) is 14.2 Å². The van der Waals surface area contributed by atoms with E-state index in [9.17, 15) is 0 Å². The van der Waals surface area contributed by atoms with Gasteiger partial charge in [0.25, 0.3) is 0 Å². The molecule has 0 fully saturated rings. The Morgan fingerprint density at radius 3 is 0.889 bits per heavy atom. The molecule has 0 aromatic heterocycles. The molecule has 0 aliphatic heterocycles. The van der Waals surface area contributed by atoms with Crippen LogP contribution in [0.3, 0.4) is 0 Å². The van der Waals surface area contributed by atoms with Crippen LogP contribution in [-0.2, 0) is 17.1 Å². The lowest BCUT2D eigenvalue weighted by molar-refractivity contribution is 0.339. The van der Waals surface area contributed by atoms with E-state index in [1.54, 1.807) is 14.2 Å². The van der Waals surface area contributed by atoms with E-state index in [0.29, 0.717) is 0 Å². The minimum absolute atomic E-state index is 1.24. The van der Waals surface area contributed by atoms with Crippen molar-refractivity contribution in [2.24, 2.45) is 0 Å². The summed E-state index contributed by atoms with van der Waals surface area (Å²) in [5, 5.41) is 0. The first-order valence-electron chi connectivity index (χ1n) is 6.32. The quantitative estimate of drug-likeness (QED) is 0.703. The third-order valence-corrected chi connectivity index (χ3v) is 11.3. The summed E-state index contributed by atoms with van der Waals surface area (Å²) in [5.41, 5.74) is 0. The van der Waals surface area contributed by atoms with E-state index < -0.39 is 35.2 Å². The van der Waals surface area contributed by atoms with Crippen molar-refractivity contribution in [3.8, 4) is 0 Å². The summed E-state index contributed by atoms with van der Waals surface area (Å²) >= 11 is 0. The summed E-state index contributed by atoms with van der Waals surface area (Å²) < 4.78 is 21.4. The molecule has 18 heavy (non-hydrogen) atoms. The van der Waals surface area contributed by atoms with E-state index in [2.05, 4.69) is 52.4 Å². The second kappa shape index (κ2) is 9.59. The van der Waals surface area contributed by atoms with Crippen LogP contribution in [0.5, 0.6) is 0 Å². The van der Waals surface area contributed by atoms with E-state index >= 15 is 0 Å². The van der Waals surface area contributed by atoms with Gasteiger partial charge < -0.3 is 17.1 Å². The molecular weight excluding hydrogens is 296 g/mol. The Morgan fingerprint density at radius 2 is 0.833 bits per heavy atom. The van der Waals surface area contributed by atoms with Gasteiger partial charge >= 0.3 is 18.6 Å². The van der Waals surface area contributed by atoms with Crippen molar-refractivity contribution >= 4 is 35.2 Å². The normalized spacial score (nSPS) is 15.7. The van der Waals surface area contributed by atoms with Crippen LogP contribution in [0, 0.1) is 0 Å². The monoisotopic (exact) mass is 328 g/mol. The summed E-state index contributed by atoms with van der Waals surface area (Å²) in [5.74, 6) is 0. The topological polar surface area (TPSA) is 36.9 Å². The third-order valence-electron chi connectivity index (χ3n) is 1.70. The zero-order valence-electron chi connectivity index (χ0n) is 13.8. The van der Waals surface area contributed by atoms with Crippen LogP contribution < -0.4 is 0 Å². The first-order valence-corrected chi connectivity index (χ1v) is 17.3. The molecule has 4 nitrogen and oxygen atoms in total. The molecular formula is C10H32O4Si4. The first-order chi connectivity index (χ1) is 7.91. The molecule has 0 radical (unpaired) electrons. The fourth-order valence-corrected chi connectivity index (χ4v) is 9.83. The highest BCUT2D eigenvalue weighted by molar-refractivity contribution is 6.76. The highest BCUT2D eigenvalue weighted by Crippen LogP contribution is 2.05. The molecule has 8 heteroatoms. The number of hydrogen-bond acceptors (Lipinski definition) is 4. The number of rotatable bonds is 6. The highest BCUT2D eigenvalue weighted by Gasteiger charge is 2.18. The maximum atomic E-state index is 5.64. The SMILES string of the molecule is CO[SiH](C)O[Si](C)(C)C.CO[SiH](C)O[Si](C)(C)C. The molecule has 0 aliphatic carbocycles. The Bertz CT molecular complexity index is 181. The Hall–Kier alpha value is 0.708. The van der Waals surface area contributed by atoms with Crippen molar-refractivity contribution in [2.45, 2.75) is 52.4 Å². The van der Waals surface area contributed by atoms with E-state index in [4.69, 9.17) is 17.1 Å². The smallest absolute Gasteiger partial charge is 0.307 e. The van der Waals surface area contributed by atoms with Crippen molar-refractivity contribution in [3.63, 3.8) is 0 Å². The summed E-state index contributed by atoms with van der Waals surface area (Å²) in [6.07, 6.45) is 0. The van der Waals surface area contributed by atoms with E-state index in [0.717, 1.165) is 0 Å². The Morgan fingerprint density at radius 1 is 0.611 bits per heavy atom. The molecule has 0 aromatic carbocycles. The molecule has 0 saturated heterocycles. The zero-order valence-corrected chi connectivity index (χ0v) is 18.1. The van der Waals surface area contributed by atoms with Gasteiger partial charge in [0.1, 0.15) is 0 Å². The lowest BCUT2D eigenvalue weighted by atomic mass is 11.8. The molecule has 0 heterocycles. The first kappa shape index (κ1) is 21.0. The van der Waals surface area contributed by atoms with Gasteiger partial charge in [0.15, 0.2) is 16.6 Å². The number of hydrogen-bond donors (Lipinski definition) is 0. The zero-order chi connectivity index (χ0) is 15.0. The van der Waals surface area contributed by atoms with E-state index in [-0.39, 0.29) is 0 Å². The van der Waals surface area contributed by atoms with Crippen molar-refractivity contribution < 1.29 is 17.1 Å². The standard InChI is InChI=1S/2C5H16O2Si2/c2*1-6-8(2)7-9(3,4)5/h2*8H,1-5H3. The molecule has 0 saturated carbocycles. The summed E-state index contributed by atoms with van der Waals surface area (Å²) in [6, 6.07) is 0. The summed E-state index contributed by atoms with van der Waals surface area (Å²) in [4.78, 5) is 0. The lowest BCUT2D eigenvalue weighted by Crippen LogP contribution is -2.34. The molecule has 0 bridgehead atoms. The van der Waals surface area contributed by atoms with Gasteiger partial charge in [-0.25, -0.2) is 0 Å². The Labute approximate surface area is 119 Å². The molecule has 112 valence electrons. The van der Waals surface area contributed by atoms with Gasteiger partial charge in [-0.15, -0.1) is 0 Å². The lowest BCUT2D eigenvalue weighted by Gasteiger charge is -2.21. The van der Waals surface area contributed by atoms with Crippen LogP contribution in [0.4, 0.5) is 0 Å². The maximum absolute atomic E-state index is 5.64. The van der Waals surface area contributed by atoms with Crippen molar-refractivity contribution in [1.29, 1.82) is 0 Å². The fourth-order valence-electron chi connectivity index (χ4n) is 1.09. The molecule has 0 N–H and O–H groups in total. The predicted octanol–water partition coefficient (Wildman–Crippen LogP) is 2.67. The molecule has 0 rings (SSSR count). The van der Waals surface area contributed by atoms with Gasteiger partial charge in [-0.3, -0.25) is 0 Å². The Balaban J connectivity index is 0. The predicted molar refractivity (Wildman–Crippen MR) is 88.9 cm³/mol. The second-order valence-electron chi connectivity index (χ2n) is 6.07. The van der Waals surface area contributed by atoms with Crippen molar-refractivity contribution in [3.05, 3.63) is 0 Å². The average Bonchev–Trinajstić information content (AvgIpc) is 2.13. The summed E-state index contributed by atoms with van der Waals surface area (Å²) in [7, 11) is -1.66. The van der Waals surface area contributed by atoms with Gasteiger partial charge in [0, 0.05) is 14.2 Å². The van der Waals surface area contributed by atoms with E-state index in [1.165, 1.54) is 0 Å².